The molecule has 1 aromatic heterocycles. The molecule has 2 saturated heterocycles. The minimum atomic E-state index is -0.802. The first kappa shape index (κ1) is 28.0. The Morgan fingerprint density at radius 2 is 1.71 bits per heavy atom. The number of hydrogen-bond acceptors (Lipinski definition) is 7. The molecule has 3 amide bonds. The van der Waals surface area contributed by atoms with E-state index in [0.29, 0.717) is 52.0 Å². The predicted octanol–water partition coefficient (Wildman–Crippen LogP) is 1.81. The predicted molar refractivity (Wildman–Crippen MR) is 151 cm³/mol. The minimum Gasteiger partial charge on any atom is -0.494 e. The molecule has 3 N–H and O–H groups in total. The maximum absolute atomic E-state index is 13.7. The lowest BCUT2D eigenvalue weighted by atomic mass is 9.51. The average Bonchev–Trinajstić information content (AvgIpc) is 3.69. The van der Waals surface area contributed by atoms with E-state index >= 15 is 0 Å². The monoisotopic (exact) mass is 570 g/mol. The van der Waals surface area contributed by atoms with Gasteiger partial charge in [0.05, 0.1) is 6.61 Å². The molecule has 3 saturated carbocycles. The molecule has 0 aromatic carbocycles. The summed E-state index contributed by atoms with van der Waals surface area (Å²) in [4.78, 5) is 60.7. The second kappa shape index (κ2) is 10.3. The Kier molecular flexibility index (Phi) is 7.02. The number of hydrogen-bond donors (Lipinski definition) is 2. The molecule has 41 heavy (non-hydrogen) atoms. The van der Waals surface area contributed by atoms with Gasteiger partial charge in [0.15, 0.2) is 0 Å². The molecular weight excluding hydrogens is 528 g/mol. The summed E-state index contributed by atoms with van der Waals surface area (Å²) in [6.07, 6.45) is 8.91. The molecule has 2 aliphatic heterocycles. The zero-order chi connectivity index (χ0) is 29.1. The Morgan fingerprint density at radius 3 is 2.32 bits per heavy atom. The van der Waals surface area contributed by atoms with Crippen molar-refractivity contribution in [3.05, 3.63) is 26.4 Å². The molecule has 1 atom stereocenters. The van der Waals surface area contributed by atoms with Crippen molar-refractivity contribution in [3.63, 3.8) is 0 Å². The number of carbonyl (C=O) groups excluding carboxylic acids is 2. The maximum atomic E-state index is 13.7. The fourth-order valence-electron chi connectivity index (χ4n) is 8.41. The van der Waals surface area contributed by atoms with Gasteiger partial charge in [-0.15, -0.1) is 0 Å². The number of aliphatic imine (C=N–C) groups is 1. The molecule has 2 spiro atoms. The molecule has 12 nitrogen and oxygen atoms in total. The molecule has 0 bridgehead atoms. The van der Waals surface area contributed by atoms with Crippen molar-refractivity contribution in [2.75, 3.05) is 33.9 Å². The van der Waals surface area contributed by atoms with Crippen LogP contribution in [0.25, 0.3) is 0 Å². The highest BCUT2D eigenvalue weighted by atomic mass is 16.5. The minimum absolute atomic E-state index is 0.0871. The van der Waals surface area contributed by atoms with Crippen molar-refractivity contribution in [2.24, 2.45) is 28.0 Å². The van der Waals surface area contributed by atoms with Crippen LogP contribution < -0.4 is 17.0 Å². The van der Waals surface area contributed by atoms with Gasteiger partial charge in [0, 0.05) is 45.8 Å². The van der Waals surface area contributed by atoms with Crippen LogP contribution in [0.15, 0.2) is 14.6 Å². The van der Waals surface area contributed by atoms with Crippen LogP contribution in [0.3, 0.4) is 0 Å². The Balaban J connectivity index is 1.24. The van der Waals surface area contributed by atoms with Crippen molar-refractivity contribution in [2.45, 2.75) is 88.8 Å². The van der Waals surface area contributed by atoms with E-state index < -0.39 is 22.7 Å². The second-order valence-corrected chi connectivity index (χ2v) is 13.1. The van der Waals surface area contributed by atoms with Crippen LogP contribution in [0.1, 0.15) is 82.2 Å². The molecule has 12 heteroatoms. The molecule has 224 valence electrons. The third kappa shape index (κ3) is 4.40. The molecular formula is C29H42N6O6. The summed E-state index contributed by atoms with van der Waals surface area (Å²) in [7, 11) is 3.02. The first-order chi connectivity index (χ1) is 19.6. The lowest BCUT2D eigenvalue weighted by Gasteiger charge is -2.58. The second-order valence-electron chi connectivity index (χ2n) is 13.1. The lowest BCUT2D eigenvalue weighted by Crippen LogP contribution is -2.64. The smallest absolute Gasteiger partial charge is 0.334 e. The zero-order valence-electron chi connectivity index (χ0n) is 24.1. The summed E-state index contributed by atoms with van der Waals surface area (Å²) in [6, 6.07) is -0.571. The summed E-state index contributed by atoms with van der Waals surface area (Å²) in [5.41, 5.74) is 3.92. The van der Waals surface area contributed by atoms with E-state index in [1.54, 1.807) is 11.9 Å². The van der Waals surface area contributed by atoms with Crippen molar-refractivity contribution < 1.29 is 19.4 Å². The van der Waals surface area contributed by atoms with Gasteiger partial charge in [-0.3, -0.25) is 28.6 Å². The van der Waals surface area contributed by atoms with Crippen molar-refractivity contribution in [1.82, 2.24) is 18.9 Å². The Bertz CT molecular complexity index is 1370. The molecule has 3 heterocycles. The molecule has 6 rings (SSSR count). The number of carbonyl (C=O) groups is 2. The average molecular weight is 571 g/mol. The molecule has 1 aromatic rings. The van der Waals surface area contributed by atoms with Crippen molar-refractivity contribution in [3.8, 4) is 5.88 Å². The number of rotatable bonds is 6. The van der Waals surface area contributed by atoms with Crippen LogP contribution in [0, 0.1) is 17.3 Å². The summed E-state index contributed by atoms with van der Waals surface area (Å²) in [5.74, 6) is -0.112. The van der Waals surface area contributed by atoms with Gasteiger partial charge >= 0.3 is 11.7 Å². The van der Waals surface area contributed by atoms with E-state index in [0.717, 1.165) is 44.9 Å². The summed E-state index contributed by atoms with van der Waals surface area (Å²) >= 11 is 0. The number of nitrogens with two attached hydrogens (primary N) is 1. The summed E-state index contributed by atoms with van der Waals surface area (Å²) < 4.78 is 8.12. The molecule has 5 aliphatic rings. The van der Waals surface area contributed by atoms with Gasteiger partial charge in [-0.2, -0.15) is 0 Å². The molecule has 3 aliphatic carbocycles. The fourth-order valence-corrected chi connectivity index (χ4v) is 8.41. The van der Waals surface area contributed by atoms with E-state index in [4.69, 9.17) is 10.5 Å². The number of amidine groups is 1. The number of likely N-dealkylation sites (N-methyl/N-ethyl adjacent to an activating group) is 1. The maximum Gasteiger partial charge on any atom is 0.334 e. The normalized spacial score (nSPS) is 32.6. The van der Waals surface area contributed by atoms with Crippen LogP contribution in [-0.4, -0.2) is 81.2 Å². The number of amides is 3. The van der Waals surface area contributed by atoms with Gasteiger partial charge in [0.1, 0.15) is 16.9 Å². The van der Waals surface area contributed by atoms with Gasteiger partial charge in [-0.25, -0.2) is 9.59 Å². The molecule has 0 unspecified atom stereocenters. The SMILES string of the molecule is CN=C(N)c1c(O)n(CC2CCCC2)c(=O)n(C2CCC3(CC2)CC2(C3)C(=O)N(C)C(=O)N2C[C@@H]2CCOC2)c1=O. The first-order valence-corrected chi connectivity index (χ1v) is 15.1. The van der Waals surface area contributed by atoms with E-state index in [2.05, 4.69) is 4.99 Å². The standard InChI is InChI=1S/C29H42N6O6/c1-31-22(30)21-23(36)33(13-18-5-3-4-6-18)27(40)35(24(21)37)20-7-10-28(11-8-20)16-29(17-28)25(38)32(2)26(39)34(29)14-19-9-12-41-15-19/h18-20,36H,3-17H2,1-2H3,(H2,30,31)/t19-,20?,28?,29?/m0/s1. The topological polar surface area (TPSA) is 152 Å². The van der Waals surface area contributed by atoms with E-state index in [1.807, 2.05) is 0 Å². The largest absolute Gasteiger partial charge is 0.494 e. The van der Waals surface area contributed by atoms with Crippen LogP contribution in [-0.2, 0) is 16.1 Å². The van der Waals surface area contributed by atoms with Crippen molar-refractivity contribution in [1.29, 1.82) is 0 Å². The van der Waals surface area contributed by atoms with Crippen LogP contribution in [0.5, 0.6) is 5.88 Å². The van der Waals surface area contributed by atoms with Gasteiger partial charge in [-0.05, 0) is 69.1 Å². The van der Waals surface area contributed by atoms with Gasteiger partial charge in [-0.1, -0.05) is 12.8 Å². The molecule has 0 radical (unpaired) electrons. The van der Waals surface area contributed by atoms with Gasteiger partial charge in [0.25, 0.3) is 11.5 Å². The number of nitrogens with zero attached hydrogens (tertiary/aromatic N) is 5. The van der Waals surface area contributed by atoms with Crippen molar-refractivity contribution >= 4 is 17.8 Å². The third-order valence-corrected chi connectivity index (χ3v) is 10.7. The summed E-state index contributed by atoms with van der Waals surface area (Å²) in [6.45, 7) is 2.17. The van der Waals surface area contributed by atoms with Crippen LogP contribution in [0.2, 0.25) is 0 Å². The summed E-state index contributed by atoms with van der Waals surface area (Å²) in [5, 5.41) is 11.0. The molecule has 5 fully saturated rings. The quantitative estimate of drug-likeness (QED) is 0.301. The number of ether oxygens (including phenoxy) is 1. The van der Waals surface area contributed by atoms with Crippen LogP contribution >= 0.6 is 0 Å². The Morgan fingerprint density at radius 1 is 1.02 bits per heavy atom. The van der Waals surface area contributed by atoms with E-state index in [-0.39, 0.29) is 46.6 Å². The fraction of sp³-hybridized carbons (Fsp3) is 0.759. The number of aromatic hydroxyl groups is 1. The highest BCUT2D eigenvalue weighted by Gasteiger charge is 2.68. The Hall–Kier alpha value is -3.15. The number of imide groups is 1. The van der Waals surface area contributed by atoms with Gasteiger partial charge in [0.2, 0.25) is 5.88 Å². The number of urea groups is 1. The highest BCUT2D eigenvalue weighted by molar-refractivity contribution is 6.07. The Labute approximate surface area is 239 Å². The van der Waals surface area contributed by atoms with E-state index in [9.17, 15) is 24.3 Å². The zero-order valence-corrected chi connectivity index (χ0v) is 24.1. The van der Waals surface area contributed by atoms with E-state index in [1.165, 1.54) is 21.1 Å². The first-order valence-electron chi connectivity index (χ1n) is 15.1. The lowest BCUT2D eigenvalue weighted by molar-refractivity contribution is -0.150. The van der Waals surface area contributed by atoms with Crippen LogP contribution in [0.4, 0.5) is 4.79 Å². The third-order valence-electron chi connectivity index (χ3n) is 10.7. The van der Waals surface area contributed by atoms with Gasteiger partial charge < -0.3 is 20.5 Å². The highest BCUT2D eigenvalue weighted by Crippen LogP contribution is 2.62. The number of aromatic nitrogens is 2.